The van der Waals surface area contributed by atoms with Gasteiger partial charge in [0.25, 0.3) is 0 Å². The summed E-state index contributed by atoms with van der Waals surface area (Å²) < 4.78 is 5.72. The average molecular weight is 273 g/mol. The van der Waals surface area contributed by atoms with Gasteiger partial charge in [-0.15, -0.1) is 0 Å². The molecule has 1 aromatic carbocycles. The molecular formula is C18H27NO. The van der Waals surface area contributed by atoms with Crippen LogP contribution in [0.2, 0.25) is 0 Å². The summed E-state index contributed by atoms with van der Waals surface area (Å²) in [4.78, 5) is 0. The molecule has 1 N–H and O–H groups in total. The molecule has 0 aliphatic carbocycles. The lowest BCUT2D eigenvalue weighted by atomic mass is 10.1. The zero-order valence-electron chi connectivity index (χ0n) is 13.2. The van der Waals surface area contributed by atoms with E-state index in [9.17, 15) is 0 Å². The number of hydrogen-bond donors (Lipinski definition) is 1. The van der Waals surface area contributed by atoms with E-state index in [1.54, 1.807) is 0 Å². The first-order valence-electron chi connectivity index (χ1n) is 7.33. The minimum Gasteiger partial charge on any atom is -0.391 e. The molecule has 0 atom stereocenters. The Morgan fingerprint density at radius 3 is 2.50 bits per heavy atom. The molecule has 0 saturated carbocycles. The van der Waals surface area contributed by atoms with Gasteiger partial charge < -0.3 is 10.1 Å². The third-order valence-corrected chi connectivity index (χ3v) is 3.54. The summed E-state index contributed by atoms with van der Waals surface area (Å²) >= 11 is 0. The van der Waals surface area contributed by atoms with Crippen molar-refractivity contribution in [2.75, 3.05) is 13.7 Å². The number of hydrogen-bond acceptors (Lipinski definition) is 2. The van der Waals surface area contributed by atoms with E-state index >= 15 is 0 Å². The van der Waals surface area contributed by atoms with Crippen LogP contribution < -0.4 is 5.32 Å². The predicted molar refractivity (Wildman–Crippen MR) is 86.5 cm³/mol. The maximum Gasteiger partial charge on any atom is 0.0717 e. The summed E-state index contributed by atoms with van der Waals surface area (Å²) in [5.74, 6) is 0. The van der Waals surface area contributed by atoms with Gasteiger partial charge in [-0.3, -0.25) is 0 Å². The highest BCUT2D eigenvalue weighted by Gasteiger charge is 1.98. The average Bonchev–Trinajstić information content (AvgIpc) is 2.50. The van der Waals surface area contributed by atoms with Crippen molar-refractivity contribution in [1.29, 1.82) is 0 Å². The van der Waals surface area contributed by atoms with Crippen molar-refractivity contribution in [2.24, 2.45) is 0 Å². The second-order valence-electron chi connectivity index (χ2n) is 5.02. The summed E-state index contributed by atoms with van der Waals surface area (Å²) in [6.45, 7) is 7.96. The quantitative estimate of drug-likeness (QED) is 0.558. The van der Waals surface area contributed by atoms with Crippen LogP contribution in [0.5, 0.6) is 0 Å². The lowest BCUT2D eigenvalue weighted by Crippen LogP contribution is -2.09. The third-order valence-electron chi connectivity index (χ3n) is 3.54. The molecule has 0 spiro atoms. The van der Waals surface area contributed by atoms with Gasteiger partial charge in [0.15, 0.2) is 0 Å². The van der Waals surface area contributed by atoms with Crippen LogP contribution in [0.1, 0.15) is 39.2 Å². The largest absolute Gasteiger partial charge is 0.391 e. The van der Waals surface area contributed by atoms with E-state index in [-0.39, 0.29) is 0 Å². The minimum absolute atomic E-state index is 0.681. The topological polar surface area (TPSA) is 21.3 Å². The van der Waals surface area contributed by atoms with Gasteiger partial charge in [0.2, 0.25) is 0 Å². The molecule has 0 aliphatic rings. The first kappa shape index (κ1) is 16.5. The van der Waals surface area contributed by atoms with Crippen LogP contribution in [-0.4, -0.2) is 13.7 Å². The molecule has 0 unspecified atom stereocenters. The lowest BCUT2D eigenvalue weighted by Gasteiger charge is -2.09. The fourth-order valence-corrected chi connectivity index (χ4v) is 1.88. The van der Waals surface area contributed by atoms with Crippen LogP contribution in [0.3, 0.4) is 0 Å². The summed E-state index contributed by atoms with van der Waals surface area (Å²) in [6, 6.07) is 10.3. The Balaban J connectivity index is 2.40. The van der Waals surface area contributed by atoms with Gasteiger partial charge in [-0.2, -0.15) is 0 Å². The highest BCUT2D eigenvalue weighted by Crippen LogP contribution is 2.11. The van der Waals surface area contributed by atoms with Crippen molar-refractivity contribution in [3.8, 4) is 0 Å². The number of allylic oxidation sites excluding steroid dienone is 3. The fraction of sp³-hybridized carbons (Fsp3) is 0.444. The normalized spacial score (nSPS) is 13.1. The Morgan fingerprint density at radius 1 is 1.20 bits per heavy atom. The molecule has 1 rings (SSSR count). The molecule has 0 fully saturated rings. The second kappa shape index (κ2) is 9.38. The Kier molecular flexibility index (Phi) is 7.74. The standard InChI is InChI=1S/C18H27NO/c1-5-15(2)16(3)13-18(19-4)11-12-20-14-17-9-7-6-8-10-17/h6-10,13,19H,5,11-12,14H2,1-4H3/b16-15?,18-13-. The van der Waals surface area contributed by atoms with Crippen molar-refractivity contribution >= 4 is 0 Å². The monoisotopic (exact) mass is 273 g/mol. The summed E-state index contributed by atoms with van der Waals surface area (Å²) in [6.07, 6.45) is 4.24. The van der Waals surface area contributed by atoms with Crippen LogP contribution in [-0.2, 0) is 11.3 Å². The molecule has 0 aliphatic heterocycles. The van der Waals surface area contributed by atoms with E-state index in [1.807, 2.05) is 25.2 Å². The third kappa shape index (κ3) is 6.07. The number of rotatable bonds is 8. The van der Waals surface area contributed by atoms with E-state index in [0.717, 1.165) is 19.4 Å². The van der Waals surface area contributed by atoms with Gasteiger partial charge in [-0.25, -0.2) is 0 Å². The van der Waals surface area contributed by atoms with Crippen molar-refractivity contribution in [2.45, 2.75) is 40.2 Å². The molecule has 0 amide bonds. The predicted octanol–water partition coefficient (Wildman–Crippen LogP) is 4.44. The number of ether oxygens (including phenoxy) is 1. The van der Waals surface area contributed by atoms with E-state index in [0.29, 0.717) is 6.61 Å². The molecule has 110 valence electrons. The van der Waals surface area contributed by atoms with Crippen LogP contribution >= 0.6 is 0 Å². The minimum atomic E-state index is 0.681. The van der Waals surface area contributed by atoms with Gasteiger partial charge in [0.05, 0.1) is 13.2 Å². The molecule has 2 heteroatoms. The molecular weight excluding hydrogens is 246 g/mol. The molecule has 1 aromatic rings. The highest BCUT2D eigenvalue weighted by molar-refractivity contribution is 5.25. The van der Waals surface area contributed by atoms with E-state index in [4.69, 9.17) is 4.74 Å². The first-order valence-corrected chi connectivity index (χ1v) is 7.33. The van der Waals surface area contributed by atoms with E-state index in [1.165, 1.54) is 22.4 Å². The van der Waals surface area contributed by atoms with Crippen LogP contribution in [0.25, 0.3) is 0 Å². The van der Waals surface area contributed by atoms with Crippen LogP contribution in [0, 0.1) is 0 Å². The van der Waals surface area contributed by atoms with Gasteiger partial charge >= 0.3 is 0 Å². The van der Waals surface area contributed by atoms with Crippen molar-refractivity contribution in [3.05, 3.63) is 58.8 Å². The van der Waals surface area contributed by atoms with Crippen LogP contribution in [0.4, 0.5) is 0 Å². The smallest absolute Gasteiger partial charge is 0.0717 e. The second-order valence-corrected chi connectivity index (χ2v) is 5.02. The number of nitrogens with one attached hydrogen (secondary N) is 1. The zero-order valence-corrected chi connectivity index (χ0v) is 13.2. The van der Waals surface area contributed by atoms with Crippen molar-refractivity contribution in [1.82, 2.24) is 5.32 Å². The SMILES string of the molecule is CCC(C)=C(C)/C=C(/CCOCc1ccccc1)NC. The summed E-state index contributed by atoms with van der Waals surface area (Å²) in [5, 5.41) is 3.26. The first-order chi connectivity index (χ1) is 9.67. The molecule has 0 saturated heterocycles. The molecule has 0 radical (unpaired) electrons. The zero-order chi connectivity index (χ0) is 14.8. The van der Waals surface area contributed by atoms with Gasteiger partial charge in [-0.05, 0) is 31.9 Å². The molecule has 0 aromatic heterocycles. The van der Waals surface area contributed by atoms with E-state index < -0.39 is 0 Å². The summed E-state index contributed by atoms with van der Waals surface area (Å²) in [7, 11) is 1.97. The number of benzene rings is 1. The summed E-state index contributed by atoms with van der Waals surface area (Å²) in [5.41, 5.74) is 5.23. The Hall–Kier alpha value is -1.54. The molecule has 0 bridgehead atoms. The highest BCUT2D eigenvalue weighted by atomic mass is 16.5. The Labute approximate surface area is 123 Å². The maximum atomic E-state index is 5.72. The lowest BCUT2D eigenvalue weighted by molar-refractivity contribution is 0.123. The molecule has 2 nitrogen and oxygen atoms in total. The van der Waals surface area contributed by atoms with Gasteiger partial charge in [0.1, 0.15) is 0 Å². The van der Waals surface area contributed by atoms with Gasteiger partial charge in [0, 0.05) is 19.2 Å². The maximum absolute atomic E-state index is 5.72. The van der Waals surface area contributed by atoms with Crippen molar-refractivity contribution < 1.29 is 4.74 Å². The van der Waals surface area contributed by atoms with E-state index in [2.05, 4.69) is 44.3 Å². The Morgan fingerprint density at radius 2 is 1.90 bits per heavy atom. The molecule has 20 heavy (non-hydrogen) atoms. The molecule has 0 heterocycles. The van der Waals surface area contributed by atoms with Crippen molar-refractivity contribution in [3.63, 3.8) is 0 Å². The van der Waals surface area contributed by atoms with Crippen LogP contribution in [0.15, 0.2) is 53.3 Å². The Bertz CT molecular complexity index is 446. The fourth-order valence-electron chi connectivity index (χ4n) is 1.88. The van der Waals surface area contributed by atoms with Gasteiger partial charge in [-0.1, -0.05) is 48.4 Å².